The van der Waals surface area contributed by atoms with Crippen molar-refractivity contribution in [3.63, 3.8) is 0 Å². The Balaban J connectivity index is 1.50. The Hall–Kier alpha value is -2.64. The zero-order valence-electron chi connectivity index (χ0n) is 14.7. The van der Waals surface area contributed by atoms with E-state index in [2.05, 4.69) is 10.3 Å². The zero-order valence-corrected chi connectivity index (χ0v) is 16.3. The van der Waals surface area contributed by atoms with E-state index in [4.69, 9.17) is 21.1 Å². The van der Waals surface area contributed by atoms with E-state index in [0.717, 1.165) is 21.3 Å². The van der Waals surface area contributed by atoms with Gasteiger partial charge in [-0.2, -0.15) is 0 Å². The van der Waals surface area contributed by atoms with Crippen LogP contribution >= 0.6 is 22.9 Å². The van der Waals surface area contributed by atoms with Gasteiger partial charge >= 0.3 is 5.97 Å². The number of fused-ring (bicyclic) bond motifs is 1. The molecule has 3 aromatic rings. The lowest BCUT2D eigenvalue weighted by Crippen LogP contribution is -2.23. The zero-order chi connectivity index (χ0) is 19.4. The van der Waals surface area contributed by atoms with E-state index in [1.807, 2.05) is 26.0 Å². The average molecular weight is 405 g/mol. The van der Waals surface area contributed by atoms with Crippen LogP contribution in [-0.2, 0) is 14.3 Å². The first-order valence-electron chi connectivity index (χ1n) is 8.13. The highest BCUT2D eigenvalue weighted by Crippen LogP contribution is 2.29. The number of thiazole rings is 1. The molecule has 2 aromatic carbocycles. The SMILES string of the molecule is Cc1cc(C)c2nc(NC(=O)COC(=O)COc3ccccc3Cl)sc2c1. The Bertz CT molecular complexity index is 1000. The third kappa shape index (κ3) is 4.96. The predicted octanol–water partition coefficient (Wildman–Crippen LogP) is 4.13. The molecule has 0 saturated heterocycles. The number of benzene rings is 2. The summed E-state index contributed by atoms with van der Waals surface area (Å²) < 4.78 is 11.2. The van der Waals surface area contributed by atoms with Gasteiger partial charge in [0.15, 0.2) is 18.3 Å². The highest BCUT2D eigenvalue weighted by atomic mass is 35.5. The van der Waals surface area contributed by atoms with E-state index < -0.39 is 18.5 Å². The van der Waals surface area contributed by atoms with Gasteiger partial charge in [-0.05, 0) is 43.2 Å². The van der Waals surface area contributed by atoms with Gasteiger partial charge in [0, 0.05) is 0 Å². The number of halogens is 1. The van der Waals surface area contributed by atoms with Crippen LogP contribution in [0.1, 0.15) is 11.1 Å². The van der Waals surface area contributed by atoms with Gasteiger partial charge in [0.05, 0.1) is 15.2 Å². The largest absolute Gasteiger partial charge is 0.480 e. The minimum atomic E-state index is -0.666. The first kappa shape index (κ1) is 19.1. The van der Waals surface area contributed by atoms with Crippen molar-refractivity contribution in [3.8, 4) is 5.75 Å². The molecule has 0 fully saturated rings. The summed E-state index contributed by atoms with van der Waals surface area (Å²) in [6, 6.07) is 10.8. The van der Waals surface area contributed by atoms with Crippen molar-refractivity contribution in [2.24, 2.45) is 0 Å². The van der Waals surface area contributed by atoms with Gasteiger partial charge in [0.2, 0.25) is 0 Å². The lowest BCUT2D eigenvalue weighted by atomic mass is 10.1. The number of carbonyl (C=O) groups is 2. The minimum Gasteiger partial charge on any atom is -0.480 e. The highest BCUT2D eigenvalue weighted by molar-refractivity contribution is 7.22. The van der Waals surface area contributed by atoms with Crippen LogP contribution in [0.4, 0.5) is 5.13 Å². The van der Waals surface area contributed by atoms with Crippen LogP contribution in [0.2, 0.25) is 5.02 Å². The molecule has 0 radical (unpaired) electrons. The molecule has 0 aliphatic carbocycles. The van der Waals surface area contributed by atoms with Crippen molar-refractivity contribution in [3.05, 3.63) is 52.5 Å². The number of hydrogen-bond donors (Lipinski definition) is 1. The molecule has 0 atom stereocenters. The maximum Gasteiger partial charge on any atom is 0.344 e. The molecular formula is C19H17ClN2O4S. The number of carbonyl (C=O) groups excluding carboxylic acids is 2. The Morgan fingerprint density at radius 1 is 1.19 bits per heavy atom. The van der Waals surface area contributed by atoms with E-state index in [1.165, 1.54) is 11.3 Å². The van der Waals surface area contributed by atoms with Gasteiger partial charge in [0.1, 0.15) is 5.75 Å². The van der Waals surface area contributed by atoms with Crippen molar-refractivity contribution in [2.75, 3.05) is 18.5 Å². The molecule has 0 bridgehead atoms. The van der Waals surface area contributed by atoms with Crippen LogP contribution < -0.4 is 10.1 Å². The smallest absolute Gasteiger partial charge is 0.344 e. The summed E-state index contributed by atoms with van der Waals surface area (Å²) in [6.45, 7) is 3.23. The standard InChI is InChI=1S/C19H17ClN2O4S/c1-11-7-12(2)18-15(8-11)27-19(22-18)21-16(23)9-26-17(24)10-25-14-6-4-3-5-13(14)20/h3-8H,9-10H2,1-2H3,(H,21,22,23). The van der Waals surface area contributed by atoms with Crippen molar-refractivity contribution in [2.45, 2.75) is 13.8 Å². The van der Waals surface area contributed by atoms with Gasteiger partial charge in [0.25, 0.3) is 5.91 Å². The molecule has 3 rings (SSSR count). The van der Waals surface area contributed by atoms with Crippen LogP contribution in [0, 0.1) is 13.8 Å². The molecule has 6 nitrogen and oxygen atoms in total. The van der Waals surface area contributed by atoms with Crippen molar-refractivity contribution in [1.82, 2.24) is 4.98 Å². The number of para-hydroxylation sites is 1. The summed E-state index contributed by atoms with van der Waals surface area (Å²) in [5, 5.41) is 3.50. The lowest BCUT2D eigenvalue weighted by Gasteiger charge is -2.07. The number of aryl methyl sites for hydroxylation is 2. The van der Waals surface area contributed by atoms with E-state index >= 15 is 0 Å². The number of esters is 1. The van der Waals surface area contributed by atoms with E-state index in [9.17, 15) is 9.59 Å². The quantitative estimate of drug-likeness (QED) is 0.625. The monoisotopic (exact) mass is 404 g/mol. The third-order valence-corrected chi connectivity index (χ3v) is 4.85. The molecule has 140 valence electrons. The second kappa shape index (κ2) is 8.37. The van der Waals surface area contributed by atoms with Crippen molar-refractivity contribution in [1.29, 1.82) is 0 Å². The van der Waals surface area contributed by atoms with Gasteiger partial charge in [-0.3, -0.25) is 10.1 Å². The summed E-state index contributed by atoms with van der Waals surface area (Å²) >= 11 is 7.31. The molecule has 0 spiro atoms. The first-order valence-corrected chi connectivity index (χ1v) is 9.32. The van der Waals surface area contributed by atoms with E-state index in [1.54, 1.807) is 24.3 Å². The van der Waals surface area contributed by atoms with Crippen LogP contribution in [0.25, 0.3) is 10.2 Å². The summed E-state index contributed by atoms with van der Waals surface area (Å²) in [5.74, 6) is -0.754. The van der Waals surface area contributed by atoms with Crippen LogP contribution in [0.5, 0.6) is 5.75 Å². The molecule has 27 heavy (non-hydrogen) atoms. The normalized spacial score (nSPS) is 10.6. The average Bonchev–Trinajstić information content (AvgIpc) is 3.02. The molecule has 0 aliphatic rings. The van der Waals surface area contributed by atoms with Gasteiger partial charge < -0.3 is 9.47 Å². The fourth-order valence-corrected chi connectivity index (χ4v) is 3.71. The fourth-order valence-electron chi connectivity index (χ4n) is 2.47. The number of nitrogens with zero attached hydrogens (tertiary/aromatic N) is 1. The Morgan fingerprint density at radius 3 is 2.74 bits per heavy atom. The first-order chi connectivity index (χ1) is 12.9. The Labute approximate surface area is 165 Å². The van der Waals surface area contributed by atoms with Crippen LogP contribution in [-0.4, -0.2) is 30.1 Å². The second-order valence-corrected chi connectivity index (χ2v) is 7.31. The molecule has 8 heteroatoms. The number of aromatic nitrogens is 1. The molecule has 1 aromatic heterocycles. The van der Waals surface area contributed by atoms with Crippen LogP contribution in [0.3, 0.4) is 0 Å². The van der Waals surface area contributed by atoms with Gasteiger partial charge in [-0.15, -0.1) is 0 Å². The van der Waals surface area contributed by atoms with Crippen molar-refractivity contribution >= 4 is 50.2 Å². The summed E-state index contributed by atoms with van der Waals surface area (Å²) in [4.78, 5) is 28.1. The number of anilines is 1. The summed E-state index contributed by atoms with van der Waals surface area (Å²) in [7, 11) is 0. The molecule has 1 heterocycles. The maximum atomic E-state index is 12.0. The Morgan fingerprint density at radius 2 is 1.96 bits per heavy atom. The van der Waals surface area contributed by atoms with Crippen molar-refractivity contribution < 1.29 is 19.1 Å². The molecule has 1 N–H and O–H groups in total. The van der Waals surface area contributed by atoms with Gasteiger partial charge in [-0.25, -0.2) is 9.78 Å². The summed E-state index contributed by atoms with van der Waals surface area (Å²) in [5.41, 5.74) is 3.03. The molecular weight excluding hydrogens is 388 g/mol. The number of nitrogens with one attached hydrogen (secondary N) is 1. The minimum absolute atomic E-state index is 0.337. The third-order valence-electron chi connectivity index (χ3n) is 3.62. The Kier molecular flexibility index (Phi) is 5.93. The number of amides is 1. The van der Waals surface area contributed by atoms with E-state index in [-0.39, 0.29) is 6.61 Å². The van der Waals surface area contributed by atoms with E-state index in [0.29, 0.717) is 15.9 Å². The summed E-state index contributed by atoms with van der Waals surface area (Å²) in [6.07, 6.45) is 0. The van der Waals surface area contributed by atoms with Gasteiger partial charge in [-0.1, -0.05) is 41.1 Å². The number of ether oxygens (including phenoxy) is 2. The molecule has 1 amide bonds. The van der Waals surface area contributed by atoms with Crippen LogP contribution in [0.15, 0.2) is 36.4 Å². The second-order valence-electron chi connectivity index (χ2n) is 5.88. The predicted molar refractivity (Wildman–Crippen MR) is 106 cm³/mol. The topological polar surface area (TPSA) is 77.5 Å². The molecule has 0 aliphatic heterocycles. The number of hydrogen-bond acceptors (Lipinski definition) is 6. The number of rotatable bonds is 6. The fraction of sp³-hybridized carbons (Fsp3) is 0.211. The molecule has 0 saturated carbocycles. The highest BCUT2D eigenvalue weighted by Gasteiger charge is 2.13. The molecule has 0 unspecified atom stereocenters. The lowest BCUT2D eigenvalue weighted by molar-refractivity contribution is -0.149. The maximum absolute atomic E-state index is 12.0.